The van der Waals surface area contributed by atoms with Crippen molar-refractivity contribution in [1.29, 1.82) is 0 Å². The number of piperazine rings is 1. The highest BCUT2D eigenvalue weighted by Crippen LogP contribution is 2.28. The van der Waals surface area contributed by atoms with E-state index in [-0.39, 0.29) is 36.8 Å². The summed E-state index contributed by atoms with van der Waals surface area (Å²) in [5, 5.41) is 0. The van der Waals surface area contributed by atoms with E-state index in [1.807, 2.05) is 27.7 Å². The number of amides is 1. The lowest BCUT2D eigenvalue weighted by Gasteiger charge is -2.39. The molecule has 1 amide bonds. The Morgan fingerprint density at radius 2 is 1.68 bits per heavy atom. The van der Waals surface area contributed by atoms with E-state index in [1.54, 1.807) is 4.90 Å². The monoisotopic (exact) mass is 399 g/mol. The zero-order valence-electron chi connectivity index (χ0n) is 15.9. The largest absolute Gasteiger partial charge is 0.378 e. The molecule has 1 heterocycles. The molecule has 9 heteroatoms. The number of sulfonamides is 1. The Morgan fingerprint density at radius 1 is 1.16 bits per heavy atom. The Morgan fingerprint density at radius 3 is 2.08 bits per heavy atom. The highest BCUT2D eigenvalue weighted by atomic mass is 35.5. The maximum atomic E-state index is 12.8. The van der Waals surface area contributed by atoms with Crippen molar-refractivity contribution in [3.05, 3.63) is 0 Å². The molecule has 0 radical (unpaired) electrons. The van der Waals surface area contributed by atoms with E-state index in [1.165, 1.54) is 4.31 Å². The third kappa shape index (κ3) is 6.36. The van der Waals surface area contributed by atoms with Crippen molar-refractivity contribution in [3.8, 4) is 0 Å². The van der Waals surface area contributed by atoms with E-state index in [2.05, 4.69) is 0 Å². The predicted octanol–water partition coefficient (Wildman–Crippen LogP) is 1.07. The van der Waals surface area contributed by atoms with Gasteiger partial charge in [0.2, 0.25) is 15.9 Å². The number of hydrogen-bond acceptors (Lipinski definition) is 5. The molecule has 150 valence electrons. The number of rotatable bonds is 9. The molecule has 0 aromatic carbocycles. The van der Waals surface area contributed by atoms with Crippen molar-refractivity contribution >= 4 is 28.3 Å². The Balaban J connectivity index is 0.00000576. The molecule has 1 aliphatic rings. The second kappa shape index (κ2) is 10.7. The second-order valence-corrected chi connectivity index (χ2v) is 8.71. The lowest BCUT2D eigenvalue weighted by molar-refractivity contribution is -0.143. The molecule has 0 bridgehead atoms. The summed E-state index contributed by atoms with van der Waals surface area (Å²) in [6, 6.07) is 0. The summed E-state index contributed by atoms with van der Waals surface area (Å²) in [5.74, 6) is 0.0330. The first-order valence-corrected chi connectivity index (χ1v) is 10.4. The molecular weight excluding hydrogens is 366 g/mol. The molecule has 25 heavy (non-hydrogen) atoms. The summed E-state index contributed by atoms with van der Waals surface area (Å²) in [4.78, 5) is 14.5. The Kier molecular flexibility index (Phi) is 10.5. The molecule has 2 N–H and O–H groups in total. The minimum Gasteiger partial charge on any atom is -0.378 e. The van der Waals surface area contributed by atoms with Crippen molar-refractivity contribution < 1.29 is 17.9 Å². The van der Waals surface area contributed by atoms with Crippen LogP contribution >= 0.6 is 12.4 Å². The fourth-order valence-corrected chi connectivity index (χ4v) is 4.24. The average Bonchev–Trinajstić information content (AvgIpc) is 2.56. The van der Waals surface area contributed by atoms with E-state index in [0.717, 1.165) is 0 Å². The van der Waals surface area contributed by atoms with E-state index >= 15 is 0 Å². The van der Waals surface area contributed by atoms with E-state index < -0.39 is 15.4 Å². The highest BCUT2D eigenvalue weighted by Gasteiger charge is 2.39. The van der Waals surface area contributed by atoms with Gasteiger partial charge in [0.25, 0.3) is 0 Å². The lowest BCUT2D eigenvalue weighted by Crippen LogP contribution is -2.56. The highest BCUT2D eigenvalue weighted by molar-refractivity contribution is 7.89. The van der Waals surface area contributed by atoms with Crippen molar-refractivity contribution in [3.63, 3.8) is 0 Å². The summed E-state index contributed by atoms with van der Waals surface area (Å²) in [6.07, 6.45) is 1.41. The van der Waals surface area contributed by atoms with Crippen LogP contribution in [0.4, 0.5) is 0 Å². The molecule has 0 aromatic rings. The van der Waals surface area contributed by atoms with Gasteiger partial charge in [0.15, 0.2) is 0 Å². The van der Waals surface area contributed by atoms with Crippen LogP contribution in [0.25, 0.3) is 0 Å². The normalized spacial score (nSPS) is 16.8. The Hall–Kier alpha value is -0.410. The number of ether oxygens (including phenoxy) is 1. The lowest BCUT2D eigenvalue weighted by atomic mass is 9.81. The van der Waals surface area contributed by atoms with E-state index in [0.29, 0.717) is 45.6 Å². The van der Waals surface area contributed by atoms with Gasteiger partial charge in [-0.2, -0.15) is 4.31 Å². The molecule has 0 spiro atoms. The minimum absolute atomic E-state index is 0. The van der Waals surface area contributed by atoms with Gasteiger partial charge >= 0.3 is 0 Å². The number of halogens is 1. The van der Waals surface area contributed by atoms with Gasteiger partial charge in [0, 0.05) is 32.7 Å². The standard InChI is InChI=1S/C16H33N3O4S.ClH/c1-5-16(6-2,13-17)15(20)18-7-9-19(10-8-18)24(21,22)12-11-23-14(3)4;/h14H,5-13,17H2,1-4H3;1H. The number of carbonyl (C=O) groups excluding carboxylic acids is 1. The number of carbonyl (C=O) groups is 1. The second-order valence-electron chi connectivity index (χ2n) is 6.62. The third-order valence-corrected chi connectivity index (χ3v) is 6.74. The third-order valence-electron chi connectivity index (χ3n) is 4.91. The van der Waals surface area contributed by atoms with Crippen LogP contribution in [0.2, 0.25) is 0 Å². The van der Waals surface area contributed by atoms with Crippen LogP contribution in [-0.2, 0) is 19.6 Å². The van der Waals surface area contributed by atoms with Crippen molar-refractivity contribution in [1.82, 2.24) is 9.21 Å². The van der Waals surface area contributed by atoms with Crippen LogP contribution < -0.4 is 5.73 Å². The van der Waals surface area contributed by atoms with Crippen LogP contribution in [0.1, 0.15) is 40.5 Å². The molecule has 7 nitrogen and oxygen atoms in total. The smallest absolute Gasteiger partial charge is 0.230 e. The summed E-state index contributed by atoms with van der Waals surface area (Å²) < 4.78 is 31.5. The molecule has 1 fully saturated rings. The zero-order chi connectivity index (χ0) is 18.4. The molecule has 1 saturated heterocycles. The number of nitrogens with zero attached hydrogens (tertiary/aromatic N) is 2. The number of nitrogens with two attached hydrogens (primary N) is 1. The molecule has 0 aliphatic carbocycles. The fourth-order valence-electron chi connectivity index (χ4n) is 2.95. The molecule has 1 aliphatic heterocycles. The minimum atomic E-state index is -3.33. The van der Waals surface area contributed by atoms with Crippen LogP contribution in [-0.4, -0.2) is 74.7 Å². The molecule has 0 aromatic heterocycles. The Labute approximate surface area is 158 Å². The molecule has 0 atom stereocenters. The first-order valence-electron chi connectivity index (χ1n) is 8.81. The molecule has 0 saturated carbocycles. The topological polar surface area (TPSA) is 92.9 Å². The molecular formula is C16H34ClN3O4S. The van der Waals surface area contributed by atoms with Crippen LogP contribution in [0.15, 0.2) is 0 Å². The zero-order valence-corrected chi connectivity index (χ0v) is 17.5. The predicted molar refractivity (Wildman–Crippen MR) is 102 cm³/mol. The SMILES string of the molecule is CCC(CC)(CN)C(=O)N1CCN(S(=O)(=O)CCOC(C)C)CC1.Cl. The quantitative estimate of drug-likeness (QED) is 0.626. The Bertz CT molecular complexity index is 493. The fraction of sp³-hybridized carbons (Fsp3) is 0.938. The van der Waals surface area contributed by atoms with Crippen LogP contribution in [0.5, 0.6) is 0 Å². The van der Waals surface area contributed by atoms with E-state index in [4.69, 9.17) is 10.5 Å². The number of hydrogen-bond donors (Lipinski definition) is 1. The van der Waals surface area contributed by atoms with Crippen molar-refractivity contribution in [2.24, 2.45) is 11.1 Å². The first kappa shape index (κ1) is 24.6. The molecule has 0 unspecified atom stereocenters. The van der Waals surface area contributed by atoms with Crippen molar-refractivity contribution in [2.45, 2.75) is 46.6 Å². The van der Waals surface area contributed by atoms with Crippen LogP contribution in [0, 0.1) is 5.41 Å². The maximum Gasteiger partial charge on any atom is 0.230 e. The van der Waals surface area contributed by atoms with Crippen molar-refractivity contribution in [2.75, 3.05) is 45.1 Å². The maximum absolute atomic E-state index is 12.8. The van der Waals surface area contributed by atoms with Gasteiger partial charge in [0.1, 0.15) is 0 Å². The first-order chi connectivity index (χ1) is 11.2. The average molecular weight is 400 g/mol. The van der Waals surface area contributed by atoms with Gasteiger partial charge in [-0.25, -0.2) is 8.42 Å². The summed E-state index contributed by atoms with van der Waals surface area (Å²) in [6.45, 7) is 9.74. The summed E-state index contributed by atoms with van der Waals surface area (Å²) in [7, 11) is -3.33. The van der Waals surface area contributed by atoms with Crippen LogP contribution in [0.3, 0.4) is 0 Å². The summed E-state index contributed by atoms with van der Waals surface area (Å²) in [5.41, 5.74) is 5.32. The van der Waals surface area contributed by atoms with Gasteiger partial charge in [-0.15, -0.1) is 12.4 Å². The van der Waals surface area contributed by atoms with Gasteiger partial charge < -0.3 is 15.4 Å². The summed E-state index contributed by atoms with van der Waals surface area (Å²) >= 11 is 0. The van der Waals surface area contributed by atoms with Gasteiger partial charge in [-0.1, -0.05) is 13.8 Å². The van der Waals surface area contributed by atoms with Gasteiger partial charge in [-0.05, 0) is 26.7 Å². The van der Waals surface area contributed by atoms with Gasteiger partial charge in [0.05, 0.1) is 23.9 Å². The molecule has 1 rings (SSSR count). The van der Waals surface area contributed by atoms with Gasteiger partial charge in [-0.3, -0.25) is 4.79 Å². The van der Waals surface area contributed by atoms with E-state index in [9.17, 15) is 13.2 Å².